The van der Waals surface area contributed by atoms with Gasteiger partial charge in [-0.05, 0) is 43.5 Å². The summed E-state index contributed by atoms with van der Waals surface area (Å²) >= 11 is 0. The third kappa shape index (κ3) is 4.19. The van der Waals surface area contributed by atoms with Gasteiger partial charge in [0.1, 0.15) is 17.4 Å². The lowest BCUT2D eigenvalue weighted by atomic mass is 10.1. The fraction of sp³-hybridized carbons (Fsp3) is 0.240. The van der Waals surface area contributed by atoms with Gasteiger partial charge in [-0.2, -0.15) is 10.3 Å². The number of benzene rings is 1. The molecule has 0 saturated heterocycles. The average molecular weight is 470 g/mol. The monoisotopic (exact) mass is 470 g/mol. The third-order valence-electron chi connectivity index (χ3n) is 5.63. The highest BCUT2D eigenvalue weighted by Crippen LogP contribution is 2.20. The summed E-state index contributed by atoms with van der Waals surface area (Å²) in [6.07, 6.45) is 1.61. The Bertz CT molecular complexity index is 1710. The molecule has 0 aliphatic heterocycles. The number of nitriles is 1. The first kappa shape index (κ1) is 23.5. The van der Waals surface area contributed by atoms with Gasteiger partial charge in [-0.1, -0.05) is 26.0 Å². The molecule has 0 atom stereocenters. The first-order chi connectivity index (χ1) is 16.6. The van der Waals surface area contributed by atoms with Gasteiger partial charge in [0, 0.05) is 29.9 Å². The maximum Gasteiger partial charge on any atom is 0.279 e. The molecule has 0 N–H and O–H groups in total. The molecule has 10 heteroatoms. The van der Waals surface area contributed by atoms with E-state index in [0.717, 1.165) is 5.56 Å². The molecule has 10 nitrogen and oxygen atoms in total. The fourth-order valence-corrected chi connectivity index (χ4v) is 3.93. The Morgan fingerprint density at radius 1 is 1.20 bits per heavy atom. The predicted molar refractivity (Wildman–Crippen MR) is 129 cm³/mol. The maximum absolute atomic E-state index is 13.3. The molecule has 0 fully saturated rings. The maximum atomic E-state index is 13.3. The van der Waals surface area contributed by atoms with E-state index in [1.54, 1.807) is 23.8 Å². The zero-order chi connectivity index (χ0) is 25.4. The summed E-state index contributed by atoms with van der Waals surface area (Å²) in [5.41, 5.74) is 1.52. The SMILES string of the molecule is Cc1ccc(C(=O)N=c2c(C#N)cc3c(=O)n4cccc(C)c4nc3n2CC(C)C)cc1[N+](=O)[O-]. The number of hydrogen-bond acceptors (Lipinski definition) is 6. The highest BCUT2D eigenvalue weighted by atomic mass is 16.6. The first-order valence-electron chi connectivity index (χ1n) is 10.9. The van der Waals surface area contributed by atoms with Gasteiger partial charge in [0.05, 0.1) is 15.9 Å². The number of fused-ring (bicyclic) bond motifs is 2. The molecule has 0 radical (unpaired) electrons. The Kier molecular flexibility index (Phi) is 6.01. The van der Waals surface area contributed by atoms with Crippen LogP contribution in [0.1, 0.15) is 40.9 Å². The van der Waals surface area contributed by atoms with E-state index in [1.807, 2.05) is 32.9 Å². The Balaban J connectivity index is 2.09. The molecule has 0 bridgehead atoms. The van der Waals surface area contributed by atoms with Crippen LogP contribution in [0.2, 0.25) is 0 Å². The molecule has 4 rings (SSSR count). The quantitative estimate of drug-likeness (QED) is 0.255. The molecule has 176 valence electrons. The summed E-state index contributed by atoms with van der Waals surface area (Å²) in [5.74, 6) is -0.672. The zero-order valence-corrected chi connectivity index (χ0v) is 19.6. The summed E-state index contributed by atoms with van der Waals surface area (Å²) < 4.78 is 3.03. The molecule has 4 aromatic rings. The van der Waals surface area contributed by atoms with Crippen LogP contribution < -0.4 is 11.0 Å². The number of nitro groups is 1. The Morgan fingerprint density at radius 2 is 1.94 bits per heavy atom. The molecular weight excluding hydrogens is 448 g/mol. The topological polar surface area (TPSA) is 136 Å². The minimum absolute atomic E-state index is 0.0183. The van der Waals surface area contributed by atoms with Gasteiger partial charge in [0.2, 0.25) is 0 Å². The van der Waals surface area contributed by atoms with Crippen molar-refractivity contribution in [3.05, 3.63) is 90.8 Å². The van der Waals surface area contributed by atoms with Crippen LogP contribution in [0.25, 0.3) is 16.7 Å². The number of nitro benzene ring substituents is 1. The van der Waals surface area contributed by atoms with Gasteiger partial charge in [-0.25, -0.2) is 4.98 Å². The number of aryl methyl sites for hydroxylation is 2. The van der Waals surface area contributed by atoms with Crippen molar-refractivity contribution in [2.24, 2.45) is 10.9 Å². The second kappa shape index (κ2) is 8.95. The van der Waals surface area contributed by atoms with Crippen molar-refractivity contribution >= 4 is 28.3 Å². The minimum Gasteiger partial charge on any atom is -0.309 e. The molecule has 0 unspecified atom stereocenters. The van der Waals surface area contributed by atoms with E-state index in [4.69, 9.17) is 4.98 Å². The molecule has 3 heterocycles. The lowest BCUT2D eigenvalue weighted by Gasteiger charge is -2.15. The van der Waals surface area contributed by atoms with Gasteiger partial charge in [0.15, 0.2) is 5.49 Å². The molecule has 0 saturated carbocycles. The molecule has 1 aromatic carbocycles. The number of amides is 1. The number of hydrogen-bond donors (Lipinski definition) is 0. The number of carbonyl (C=O) groups is 1. The molecule has 1 amide bonds. The van der Waals surface area contributed by atoms with E-state index in [0.29, 0.717) is 23.4 Å². The Hall–Kier alpha value is -4.65. The first-order valence-corrected chi connectivity index (χ1v) is 10.9. The molecule has 35 heavy (non-hydrogen) atoms. The van der Waals surface area contributed by atoms with Crippen molar-refractivity contribution in [1.29, 1.82) is 5.26 Å². The zero-order valence-electron chi connectivity index (χ0n) is 19.6. The van der Waals surface area contributed by atoms with Crippen LogP contribution in [-0.4, -0.2) is 24.8 Å². The third-order valence-corrected chi connectivity index (χ3v) is 5.63. The summed E-state index contributed by atoms with van der Waals surface area (Å²) in [7, 11) is 0. The van der Waals surface area contributed by atoms with E-state index in [-0.39, 0.29) is 39.2 Å². The van der Waals surface area contributed by atoms with Crippen LogP contribution in [0.4, 0.5) is 5.69 Å². The van der Waals surface area contributed by atoms with Gasteiger partial charge in [0.25, 0.3) is 17.2 Å². The number of aromatic nitrogens is 3. The summed E-state index contributed by atoms with van der Waals surface area (Å²) in [5, 5.41) is 21.4. The van der Waals surface area contributed by atoms with Crippen molar-refractivity contribution in [2.75, 3.05) is 0 Å². The van der Waals surface area contributed by atoms with E-state index >= 15 is 0 Å². The second-order valence-corrected chi connectivity index (χ2v) is 8.71. The second-order valence-electron chi connectivity index (χ2n) is 8.71. The fourth-order valence-electron chi connectivity index (χ4n) is 3.93. The molecule has 3 aromatic heterocycles. The van der Waals surface area contributed by atoms with Crippen LogP contribution in [0.15, 0.2) is 52.4 Å². The number of pyridine rings is 2. The summed E-state index contributed by atoms with van der Waals surface area (Å²) in [6.45, 7) is 7.65. The van der Waals surface area contributed by atoms with Crippen LogP contribution >= 0.6 is 0 Å². The minimum atomic E-state index is -0.741. The predicted octanol–water partition coefficient (Wildman–Crippen LogP) is 3.44. The number of rotatable bonds is 4. The van der Waals surface area contributed by atoms with Crippen molar-refractivity contribution in [1.82, 2.24) is 14.0 Å². The van der Waals surface area contributed by atoms with Gasteiger partial charge >= 0.3 is 0 Å². The largest absolute Gasteiger partial charge is 0.309 e. The lowest BCUT2D eigenvalue weighted by molar-refractivity contribution is -0.385. The van der Waals surface area contributed by atoms with Crippen molar-refractivity contribution in [3.63, 3.8) is 0 Å². The van der Waals surface area contributed by atoms with Crippen molar-refractivity contribution in [3.8, 4) is 6.07 Å². The average Bonchev–Trinajstić information content (AvgIpc) is 2.81. The van der Waals surface area contributed by atoms with Crippen LogP contribution in [0, 0.1) is 41.2 Å². The molecular formula is C25H22N6O4. The van der Waals surface area contributed by atoms with Crippen molar-refractivity contribution < 1.29 is 9.72 Å². The van der Waals surface area contributed by atoms with Crippen LogP contribution in [0.3, 0.4) is 0 Å². The van der Waals surface area contributed by atoms with Gasteiger partial charge in [-0.15, -0.1) is 0 Å². The van der Waals surface area contributed by atoms with E-state index in [2.05, 4.69) is 4.99 Å². The van der Waals surface area contributed by atoms with Crippen LogP contribution in [0.5, 0.6) is 0 Å². The number of nitrogens with zero attached hydrogens (tertiary/aromatic N) is 6. The van der Waals surface area contributed by atoms with Crippen molar-refractivity contribution in [2.45, 2.75) is 34.2 Å². The molecule has 0 aliphatic carbocycles. The van der Waals surface area contributed by atoms with Crippen LogP contribution in [-0.2, 0) is 6.54 Å². The van der Waals surface area contributed by atoms with E-state index in [1.165, 1.54) is 28.7 Å². The van der Waals surface area contributed by atoms with E-state index in [9.17, 15) is 25.0 Å². The standard InChI is InChI=1S/C25H22N6O4/c1-14(2)13-30-22(28-24(32)17-8-7-15(3)20(11-17)31(34)35)18(12-26)10-19-23(30)27-21-16(4)6-5-9-29(21)25(19)33/h5-11,14H,13H2,1-4H3. The Labute approximate surface area is 199 Å². The van der Waals surface area contributed by atoms with Gasteiger partial charge < -0.3 is 4.57 Å². The molecule has 0 spiro atoms. The Morgan fingerprint density at radius 3 is 2.60 bits per heavy atom. The van der Waals surface area contributed by atoms with Gasteiger partial charge in [-0.3, -0.25) is 24.1 Å². The number of carbonyl (C=O) groups excluding carboxylic acids is 1. The summed E-state index contributed by atoms with van der Waals surface area (Å²) in [4.78, 5) is 46.0. The molecule has 0 aliphatic rings. The smallest absolute Gasteiger partial charge is 0.279 e. The normalized spacial score (nSPS) is 11.8. The highest BCUT2D eigenvalue weighted by Gasteiger charge is 2.18. The highest BCUT2D eigenvalue weighted by molar-refractivity contribution is 5.96. The van der Waals surface area contributed by atoms with E-state index < -0.39 is 10.8 Å². The lowest BCUT2D eigenvalue weighted by Crippen LogP contribution is -2.31. The summed E-state index contributed by atoms with van der Waals surface area (Å²) in [6, 6.07) is 11.1.